The molecule has 0 aliphatic rings. The lowest BCUT2D eigenvalue weighted by atomic mass is 10.1. The van der Waals surface area contributed by atoms with Crippen molar-refractivity contribution in [2.24, 2.45) is 0 Å². The Morgan fingerprint density at radius 3 is 2.81 bits per heavy atom. The lowest BCUT2D eigenvalue weighted by Crippen LogP contribution is -2.36. The van der Waals surface area contributed by atoms with E-state index >= 15 is 0 Å². The number of aliphatic hydroxyl groups excluding tert-OH is 1. The first-order chi connectivity index (χ1) is 12.5. The van der Waals surface area contributed by atoms with Crippen LogP contribution in [0.5, 0.6) is 0 Å². The van der Waals surface area contributed by atoms with Gasteiger partial charge in [0.1, 0.15) is 12.4 Å². The zero-order chi connectivity index (χ0) is 19.1. The van der Waals surface area contributed by atoms with E-state index in [1.807, 2.05) is 6.92 Å². The Labute approximate surface area is 157 Å². The number of hydrogen-bond acceptors (Lipinski definition) is 4. The average Bonchev–Trinajstić information content (AvgIpc) is 2.61. The molecule has 1 amide bonds. The highest BCUT2D eigenvalue weighted by Crippen LogP contribution is 2.21. The van der Waals surface area contributed by atoms with E-state index in [9.17, 15) is 14.7 Å². The fourth-order valence-electron chi connectivity index (χ4n) is 2.70. The van der Waals surface area contributed by atoms with Crippen LogP contribution in [-0.2, 0) is 17.8 Å². The van der Waals surface area contributed by atoms with Gasteiger partial charge in [0.05, 0.1) is 0 Å². The monoisotopic (exact) mass is 377 g/mol. The molecule has 0 atom stereocenters. The van der Waals surface area contributed by atoms with Gasteiger partial charge >= 0.3 is 0 Å². The molecule has 6 nitrogen and oxygen atoms in total. The fraction of sp³-hybridized carbons (Fsp3) is 0.421. The highest BCUT2D eigenvalue weighted by atomic mass is 35.5. The molecule has 0 saturated carbocycles. The maximum absolute atomic E-state index is 12.9. The summed E-state index contributed by atoms with van der Waals surface area (Å²) in [5.41, 5.74) is 1.31. The van der Waals surface area contributed by atoms with Crippen molar-refractivity contribution < 1.29 is 9.90 Å². The Kier molecular flexibility index (Phi) is 7.36. The van der Waals surface area contributed by atoms with Crippen molar-refractivity contribution in [1.29, 1.82) is 0 Å². The molecule has 0 radical (unpaired) electrons. The summed E-state index contributed by atoms with van der Waals surface area (Å²) in [7, 11) is 0. The third-order valence-electron chi connectivity index (χ3n) is 4.07. The molecular weight excluding hydrogens is 354 g/mol. The van der Waals surface area contributed by atoms with Gasteiger partial charge < -0.3 is 10.4 Å². The first-order valence-corrected chi connectivity index (χ1v) is 9.09. The fourth-order valence-corrected chi connectivity index (χ4v) is 2.89. The third kappa shape index (κ3) is 4.93. The summed E-state index contributed by atoms with van der Waals surface area (Å²) in [6.45, 7) is 4.05. The van der Waals surface area contributed by atoms with Crippen LogP contribution >= 0.6 is 11.6 Å². The van der Waals surface area contributed by atoms with E-state index in [-0.39, 0.29) is 31.0 Å². The molecule has 2 rings (SSSR count). The van der Waals surface area contributed by atoms with Crippen LogP contribution in [0.3, 0.4) is 0 Å². The quantitative estimate of drug-likeness (QED) is 0.691. The molecule has 140 valence electrons. The second-order valence-corrected chi connectivity index (χ2v) is 6.51. The Bertz CT molecular complexity index is 833. The number of nitrogens with zero attached hydrogens (tertiary/aromatic N) is 2. The third-order valence-corrected chi connectivity index (χ3v) is 4.30. The van der Waals surface area contributed by atoms with Crippen LogP contribution in [0, 0.1) is 6.92 Å². The molecule has 0 aliphatic heterocycles. The number of hydrogen-bond donors (Lipinski definition) is 2. The second kappa shape index (κ2) is 9.50. The molecule has 0 bridgehead atoms. The summed E-state index contributed by atoms with van der Waals surface area (Å²) >= 11 is 6.07. The van der Waals surface area contributed by atoms with E-state index < -0.39 is 0 Å². The standard InChI is InChI=1S/C19H24ClN3O3/c1-3-4-9-21-17(25)12-23-18(14-6-5-7-15(20)11-14)22-13(2)16(8-10-24)19(23)26/h5-7,11,24H,3-4,8-10,12H2,1-2H3,(H,21,25). The molecule has 0 saturated heterocycles. The summed E-state index contributed by atoms with van der Waals surface area (Å²) in [5.74, 6) is 0.145. The summed E-state index contributed by atoms with van der Waals surface area (Å²) in [5, 5.41) is 12.6. The second-order valence-electron chi connectivity index (χ2n) is 6.08. The number of amides is 1. The molecule has 26 heavy (non-hydrogen) atoms. The van der Waals surface area contributed by atoms with E-state index in [1.54, 1.807) is 31.2 Å². The zero-order valence-corrected chi connectivity index (χ0v) is 15.8. The van der Waals surface area contributed by atoms with Crippen LogP contribution in [0.15, 0.2) is 29.1 Å². The van der Waals surface area contributed by atoms with Crippen molar-refractivity contribution in [2.45, 2.75) is 39.7 Å². The summed E-state index contributed by atoms with van der Waals surface area (Å²) in [6.07, 6.45) is 2.05. The summed E-state index contributed by atoms with van der Waals surface area (Å²) < 4.78 is 1.35. The first kappa shape index (κ1) is 20.1. The normalized spacial score (nSPS) is 10.8. The molecule has 0 fully saturated rings. The molecule has 0 spiro atoms. The minimum Gasteiger partial charge on any atom is -0.396 e. The van der Waals surface area contributed by atoms with Crippen LogP contribution < -0.4 is 10.9 Å². The van der Waals surface area contributed by atoms with Gasteiger partial charge in [0, 0.05) is 41.4 Å². The van der Waals surface area contributed by atoms with E-state index in [1.165, 1.54) is 4.57 Å². The lowest BCUT2D eigenvalue weighted by Gasteiger charge is -2.16. The average molecular weight is 378 g/mol. The molecular formula is C19H24ClN3O3. The van der Waals surface area contributed by atoms with E-state index in [0.29, 0.717) is 34.2 Å². The van der Waals surface area contributed by atoms with Gasteiger partial charge in [0.25, 0.3) is 5.56 Å². The molecule has 1 aromatic carbocycles. The van der Waals surface area contributed by atoms with Crippen molar-refractivity contribution in [1.82, 2.24) is 14.9 Å². The molecule has 1 aromatic heterocycles. The highest BCUT2D eigenvalue weighted by molar-refractivity contribution is 6.30. The van der Waals surface area contributed by atoms with Crippen molar-refractivity contribution in [3.05, 3.63) is 50.9 Å². The maximum atomic E-state index is 12.9. The summed E-state index contributed by atoms with van der Waals surface area (Å²) in [4.78, 5) is 29.7. The predicted octanol–water partition coefficient (Wildman–Crippen LogP) is 2.32. The van der Waals surface area contributed by atoms with Crippen molar-refractivity contribution >= 4 is 17.5 Å². The van der Waals surface area contributed by atoms with Gasteiger partial charge in [0.2, 0.25) is 5.91 Å². The van der Waals surface area contributed by atoms with Crippen LogP contribution in [-0.4, -0.2) is 33.7 Å². The smallest absolute Gasteiger partial charge is 0.257 e. The first-order valence-electron chi connectivity index (χ1n) is 8.71. The van der Waals surface area contributed by atoms with Gasteiger partial charge in [-0.15, -0.1) is 0 Å². The van der Waals surface area contributed by atoms with E-state index in [4.69, 9.17) is 11.6 Å². The highest BCUT2D eigenvalue weighted by Gasteiger charge is 2.17. The number of aryl methyl sites for hydroxylation is 1. The van der Waals surface area contributed by atoms with Gasteiger partial charge in [-0.1, -0.05) is 37.1 Å². The van der Waals surface area contributed by atoms with E-state index in [2.05, 4.69) is 10.3 Å². The lowest BCUT2D eigenvalue weighted by molar-refractivity contribution is -0.121. The Morgan fingerprint density at radius 2 is 2.15 bits per heavy atom. The number of aliphatic hydroxyl groups is 1. The van der Waals surface area contributed by atoms with Crippen LogP contribution in [0.25, 0.3) is 11.4 Å². The van der Waals surface area contributed by atoms with Crippen molar-refractivity contribution in [3.8, 4) is 11.4 Å². The number of benzene rings is 1. The van der Waals surface area contributed by atoms with Gasteiger partial charge in [-0.3, -0.25) is 14.2 Å². The van der Waals surface area contributed by atoms with Crippen LogP contribution in [0.2, 0.25) is 5.02 Å². The van der Waals surface area contributed by atoms with Crippen LogP contribution in [0.4, 0.5) is 0 Å². The number of rotatable bonds is 8. The van der Waals surface area contributed by atoms with Gasteiger partial charge in [-0.25, -0.2) is 4.98 Å². The SMILES string of the molecule is CCCCNC(=O)Cn1c(-c2cccc(Cl)c2)nc(C)c(CCO)c1=O. The van der Waals surface area contributed by atoms with Gasteiger partial charge in [0.15, 0.2) is 0 Å². The number of unbranched alkanes of at least 4 members (excludes halogenated alkanes) is 1. The predicted molar refractivity (Wildman–Crippen MR) is 102 cm³/mol. The van der Waals surface area contributed by atoms with Crippen LogP contribution in [0.1, 0.15) is 31.0 Å². The minimum atomic E-state index is -0.313. The molecule has 1 heterocycles. The number of carbonyl (C=O) groups excluding carboxylic acids is 1. The Hall–Kier alpha value is -2.18. The topological polar surface area (TPSA) is 84.2 Å². The maximum Gasteiger partial charge on any atom is 0.257 e. The number of carbonyl (C=O) groups is 1. The molecule has 0 unspecified atom stereocenters. The number of aromatic nitrogens is 2. The molecule has 2 aromatic rings. The van der Waals surface area contributed by atoms with Crippen molar-refractivity contribution in [3.63, 3.8) is 0 Å². The Morgan fingerprint density at radius 1 is 1.38 bits per heavy atom. The summed E-state index contributed by atoms with van der Waals surface area (Å²) in [6, 6.07) is 7.01. The molecule has 0 aliphatic carbocycles. The van der Waals surface area contributed by atoms with Gasteiger partial charge in [-0.2, -0.15) is 0 Å². The zero-order valence-electron chi connectivity index (χ0n) is 15.1. The Balaban J connectivity index is 2.49. The van der Waals surface area contributed by atoms with E-state index in [0.717, 1.165) is 12.8 Å². The number of halogens is 1. The molecule has 7 heteroatoms. The van der Waals surface area contributed by atoms with Crippen molar-refractivity contribution in [2.75, 3.05) is 13.2 Å². The largest absolute Gasteiger partial charge is 0.396 e. The van der Waals surface area contributed by atoms with Gasteiger partial charge in [-0.05, 0) is 25.5 Å². The number of nitrogens with one attached hydrogen (secondary N) is 1. The molecule has 2 N–H and O–H groups in total. The minimum absolute atomic E-state index is 0.129.